The predicted octanol–water partition coefficient (Wildman–Crippen LogP) is 22.6. The van der Waals surface area contributed by atoms with Gasteiger partial charge in [-0.3, -0.25) is 30.0 Å². The first kappa shape index (κ1) is 94.0. The number of amidine groups is 2. The molecular formula is C103H155N9O7. The number of carboxylic acid groups (broad SMARTS) is 1. The van der Waals surface area contributed by atoms with Crippen LogP contribution in [0.2, 0.25) is 0 Å². The number of nitrogen functional groups attached to an aromatic ring is 2. The van der Waals surface area contributed by atoms with E-state index in [4.69, 9.17) is 32.7 Å². The van der Waals surface area contributed by atoms with Crippen molar-refractivity contribution in [1.29, 1.82) is 16.1 Å². The summed E-state index contributed by atoms with van der Waals surface area (Å²) in [5.74, 6) is 3.25. The smallest absolute Gasteiger partial charge is 0.303 e. The standard InChI is InChI=1S/C20H27N3O3.C20H29N3O.C20H26N2O.C13H20.C12H23N.C11H18O.C7H12O/c21-18(22)15-1-3-16(4-2-15)19(26)23-11-9-20(10-12-23)7-5-14(6-8-20)13-17(24)25;1-2-15-7-9-20(10-8-15)11-13-23(14-12-20)19(24)17-5-3-16(4-6-17)18(21)22;1-2-16-7-9-20(10-8-16)11-13-22(14-12-20)19(23)18-5-3-17(15-21)4-6-18;1-2-12-6-10-13(11-7-12)8-4-3-5-9-13;1-2-11-3-5-12(6-4-11)7-9-13-10-8-12;12-10-4-8-11(9-5-10)6-2-1-3-7-11;8-6-7-4-2-1-3-5-7/h1-4,14H,5-13H2,(H3,21,22)(H,24,25);3-6,15H,2,7-14H2,1H3,(H3,21,22);3-6,16H,2,7-14H2,1H3;2,6,10H,3-5,7-9,11H2,1H3;11,13H,2-10H2,1H3;4,8,10,12H,1-3,5-7,9H2;6-7H,1-5H2/b;;;12-2-;;;. The van der Waals surface area contributed by atoms with Crippen LogP contribution in [0.15, 0.2) is 109 Å². The van der Waals surface area contributed by atoms with Crippen molar-refractivity contribution in [3.8, 4) is 6.07 Å². The Morgan fingerprint density at radius 2 is 0.798 bits per heavy atom. The molecule has 16 nitrogen and oxygen atoms in total. The van der Waals surface area contributed by atoms with Crippen molar-refractivity contribution in [2.24, 2.45) is 73.5 Å². The average molecular weight is 1630 g/mol. The number of allylic oxidation sites excluding steroid dienone is 5. The lowest BCUT2D eigenvalue weighted by atomic mass is 9.65. The molecular weight excluding hydrogens is 1480 g/mol. The molecule has 0 aromatic heterocycles. The molecule has 16 heteroatoms. The maximum atomic E-state index is 12.7. The fourth-order valence-electron chi connectivity index (χ4n) is 22.8. The van der Waals surface area contributed by atoms with E-state index < -0.39 is 5.97 Å². The fraction of sp³-hybridized carbons (Fsp3) is 0.689. The summed E-state index contributed by atoms with van der Waals surface area (Å²) in [6.07, 6.45) is 72.6. The first-order chi connectivity index (χ1) is 57.5. The van der Waals surface area contributed by atoms with Gasteiger partial charge in [0.1, 0.15) is 18.0 Å². The van der Waals surface area contributed by atoms with Gasteiger partial charge in [0, 0.05) is 79.4 Å². The highest BCUT2D eigenvalue weighted by Crippen LogP contribution is 2.52. The van der Waals surface area contributed by atoms with Gasteiger partial charge in [0.15, 0.2) is 0 Å². The van der Waals surface area contributed by atoms with Gasteiger partial charge in [0.05, 0.1) is 17.7 Å². The van der Waals surface area contributed by atoms with Crippen LogP contribution in [-0.2, 0) is 9.59 Å². The van der Waals surface area contributed by atoms with Crippen LogP contribution in [0.5, 0.6) is 0 Å². The number of carbonyl (C=O) groups is 5. The molecule has 3 aromatic carbocycles. The molecule has 0 bridgehead atoms. The number of nitrogens with one attached hydrogen (secondary N) is 3. The highest BCUT2D eigenvalue weighted by molar-refractivity contribution is 5.99. The Labute approximate surface area is 717 Å². The van der Waals surface area contributed by atoms with Crippen LogP contribution in [0.4, 0.5) is 0 Å². The Hall–Kier alpha value is -7.22. The number of hydrogen-bond donors (Lipinski definition) is 7. The monoisotopic (exact) mass is 1630 g/mol. The van der Waals surface area contributed by atoms with Gasteiger partial charge in [-0.15, -0.1) is 0 Å². The van der Waals surface area contributed by atoms with Gasteiger partial charge in [-0.1, -0.05) is 158 Å². The average Bonchev–Trinajstić information content (AvgIpc) is 0.812. The number of hydrogen-bond acceptors (Lipinski definition) is 10. The maximum Gasteiger partial charge on any atom is 0.303 e. The van der Waals surface area contributed by atoms with E-state index in [1.807, 2.05) is 20.8 Å². The lowest BCUT2D eigenvalue weighted by molar-refractivity contribution is -0.138. The van der Waals surface area contributed by atoms with Gasteiger partial charge < -0.3 is 46.5 Å². The number of benzene rings is 3. The van der Waals surface area contributed by atoms with Gasteiger partial charge in [-0.05, 0) is 343 Å². The van der Waals surface area contributed by atoms with Gasteiger partial charge in [-0.2, -0.15) is 5.26 Å². The number of aldehydes is 1. The quantitative estimate of drug-likeness (QED) is 0.0410. The minimum absolute atomic E-state index is 0.00224. The zero-order valence-electron chi connectivity index (χ0n) is 74.1. The van der Waals surface area contributed by atoms with E-state index in [2.05, 4.69) is 63.4 Å². The molecule has 9 aliphatic carbocycles. The molecule has 1 atom stereocenters. The number of likely N-dealkylation sites (tertiary alicyclic amines) is 3. The minimum atomic E-state index is -0.692. The number of amides is 3. The summed E-state index contributed by atoms with van der Waals surface area (Å²) < 4.78 is 0. The second-order valence-electron chi connectivity index (χ2n) is 39.4. The fourth-order valence-corrected chi connectivity index (χ4v) is 22.8. The van der Waals surface area contributed by atoms with Crippen molar-refractivity contribution in [1.82, 2.24) is 20.0 Å². The highest BCUT2D eigenvalue weighted by Gasteiger charge is 2.43. The van der Waals surface area contributed by atoms with Crippen LogP contribution in [0.25, 0.3) is 0 Å². The van der Waals surface area contributed by atoms with Crippen LogP contribution in [0.1, 0.15) is 377 Å². The van der Waals surface area contributed by atoms with Crippen LogP contribution in [0.3, 0.4) is 0 Å². The van der Waals surface area contributed by atoms with Gasteiger partial charge in [0.25, 0.3) is 17.7 Å². The van der Waals surface area contributed by atoms with E-state index in [0.29, 0.717) is 72.3 Å². The summed E-state index contributed by atoms with van der Waals surface area (Å²) in [5, 5.41) is 45.5. The molecule has 9 N–H and O–H groups in total. The van der Waals surface area contributed by atoms with E-state index in [0.717, 1.165) is 152 Å². The SMILES string of the molecule is C/C=C1/C=CC2(CCCCC2)CC1.CCC1CCC2(CC1)CCN(C(=O)c1ccc(C#N)cc1)CC2.CCC1CCC2(CC1)CCN(C(=O)c1ccc(C(=N)N)cc1)CC2.CCC1CCC2(CCNCC2)CC1.N=C(N)c1ccc(C(=O)N2CCC3(CCC(CC(=O)O)CC3)CC2)cc1.O=CC1CCCCC1.OC1C=CC2(CCCCC2)CC1. The molecule has 11 fully saturated rings. The van der Waals surface area contributed by atoms with E-state index in [-0.39, 0.29) is 41.9 Å². The van der Waals surface area contributed by atoms with E-state index in [1.54, 1.807) is 72.8 Å². The topological polar surface area (TPSA) is 271 Å². The largest absolute Gasteiger partial charge is 0.481 e. The zero-order valence-corrected chi connectivity index (χ0v) is 74.1. The lowest BCUT2D eigenvalue weighted by Gasteiger charge is -2.46. The minimum Gasteiger partial charge on any atom is -0.481 e. The Morgan fingerprint density at radius 3 is 1.10 bits per heavy atom. The summed E-state index contributed by atoms with van der Waals surface area (Å²) in [5.41, 5.74) is 19.6. The number of piperidine rings is 4. The Balaban J connectivity index is 0.000000150. The third-order valence-corrected chi connectivity index (χ3v) is 32.1. The molecule has 4 aliphatic heterocycles. The second kappa shape index (κ2) is 46.3. The van der Waals surface area contributed by atoms with Crippen LogP contribution < -0.4 is 16.8 Å². The molecule has 3 amide bonds. The van der Waals surface area contributed by atoms with E-state index in [1.165, 1.54) is 231 Å². The summed E-state index contributed by atoms with van der Waals surface area (Å²) >= 11 is 0. The van der Waals surface area contributed by atoms with Crippen molar-refractivity contribution in [2.75, 3.05) is 52.4 Å². The second-order valence-corrected chi connectivity index (χ2v) is 39.4. The third kappa shape index (κ3) is 27.9. The van der Waals surface area contributed by atoms with E-state index in [9.17, 15) is 29.1 Å². The Kier molecular flexibility index (Phi) is 36.6. The lowest BCUT2D eigenvalue weighted by Crippen LogP contribution is -2.44. The van der Waals surface area contributed by atoms with Crippen molar-refractivity contribution in [3.63, 3.8) is 0 Å². The molecule has 7 saturated carbocycles. The molecule has 0 radical (unpaired) electrons. The molecule has 654 valence electrons. The van der Waals surface area contributed by atoms with Crippen molar-refractivity contribution in [2.45, 2.75) is 336 Å². The summed E-state index contributed by atoms with van der Waals surface area (Å²) in [7, 11) is 0. The number of nitriles is 1. The first-order valence-corrected chi connectivity index (χ1v) is 47.9. The normalized spacial score (nSPS) is 25.5. The molecule has 4 saturated heterocycles. The number of carboxylic acids is 1. The van der Waals surface area contributed by atoms with Crippen molar-refractivity contribution in [3.05, 3.63) is 142 Å². The molecule has 13 aliphatic rings. The van der Waals surface area contributed by atoms with Crippen LogP contribution in [0, 0.1) is 84.2 Å². The predicted molar refractivity (Wildman–Crippen MR) is 484 cm³/mol. The summed E-state index contributed by atoms with van der Waals surface area (Å²) in [4.78, 5) is 65.0. The third-order valence-electron chi connectivity index (χ3n) is 32.1. The van der Waals surface area contributed by atoms with Crippen LogP contribution in [-0.4, -0.2) is 125 Å². The summed E-state index contributed by atoms with van der Waals surface area (Å²) in [6, 6.07) is 23.1. The Bertz CT molecular complexity index is 3770. The van der Waals surface area contributed by atoms with Crippen molar-refractivity contribution >= 4 is 41.6 Å². The summed E-state index contributed by atoms with van der Waals surface area (Å²) in [6.45, 7) is 16.7. The van der Waals surface area contributed by atoms with E-state index >= 15 is 0 Å². The molecule has 3 aromatic rings. The van der Waals surface area contributed by atoms with Gasteiger partial charge in [-0.25, -0.2) is 0 Å². The molecule has 16 rings (SSSR count). The number of aliphatic carboxylic acids is 1. The molecule has 4 heterocycles. The van der Waals surface area contributed by atoms with Crippen LogP contribution >= 0.6 is 0 Å². The Morgan fingerprint density at radius 1 is 0.454 bits per heavy atom. The number of aliphatic hydroxyl groups excluding tert-OH is 1. The number of aliphatic hydroxyl groups is 1. The molecule has 1 unspecified atom stereocenters. The maximum absolute atomic E-state index is 12.7. The zero-order chi connectivity index (χ0) is 84.7. The van der Waals surface area contributed by atoms with Gasteiger partial charge in [0.2, 0.25) is 0 Å². The molecule has 6 spiro atoms. The number of carbonyl (C=O) groups excluding carboxylic acids is 4. The molecule has 119 heavy (non-hydrogen) atoms. The number of nitrogens with two attached hydrogens (primary N) is 2. The first-order valence-electron chi connectivity index (χ1n) is 47.9. The van der Waals surface area contributed by atoms with Crippen molar-refractivity contribution < 1.29 is 34.2 Å². The van der Waals surface area contributed by atoms with Gasteiger partial charge >= 0.3 is 5.97 Å². The number of rotatable bonds is 11. The number of nitrogens with zero attached hydrogens (tertiary/aromatic N) is 4. The highest BCUT2D eigenvalue weighted by atomic mass is 16.4.